The normalized spacial score (nSPS) is 15.1. The molecular formula is C8H10N2O6. The molecule has 1 heterocycles. The van der Waals surface area contributed by atoms with E-state index in [0.717, 1.165) is 0 Å². The summed E-state index contributed by atoms with van der Waals surface area (Å²) in [5, 5.41) is 10.8. The first-order valence-electron chi connectivity index (χ1n) is 4.54. The van der Waals surface area contributed by atoms with Crippen molar-refractivity contribution >= 4 is 23.9 Å². The molecule has 0 aliphatic carbocycles. The minimum Gasteiger partial charge on any atom is -0.481 e. The van der Waals surface area contributed by atoms with E-state index in [-0.39, 0.29) is 25.8 Å². The fourth-order valence-corrected chi connectivity index (χ4v) is 1.04. The molecule has 0 aromatic rings. The monoisotopic (exact) mass is 230 g/mol. The summed E-state index contributed by atoms with van der Waals surface area (Å²) in [5.74, 6) is -2.25. The lowest BCUT2D eigenvalue weighted by Gasteiger charge is -2.12. The fourth-order valence-electron chi connectivity index (χ4n) is 1.04. The number of imide groups is 1. The van der Waals surface area contributed by atoms with Crippen LogP contribution < -0.4 is 5.32 Å². The molecule has 1 saturated heterocycles. The van der Waals surface area contributed by atoms with Crippen molar-refractivity contribution in [3.63, 3.8) is 0 Å². The Morgan fingerprint density at radius 3 is 2.38 bits per heavy atom. The second-order valence-electron chi connectivity index (χ2n) is 3.03. The molecule has 0 radical (unpaired) electrons. The SMILES string of the molecule is O=C(O)CCNC(=O)ON1C(=O)CCC1=O. The highest BCUT2D eigenvalue weighted by Crippen LogP contribution is 2.11. The number of nitrogens with zero attached hydrogens (tertiary/aromatic N) is 1. The Bertz CT molecular complexity index is 323. The second-order valence-corrected chi connectivity index (χ2v) is 3.03. The van der Waals surface area contributed by atoms with E-state index in [2.05, 4.69) is 10.2 Å². The third kappa shape index (κ3) is 3.23. The van der Waals surface area contributed by atoms with Crippen LogP contribution in [-0.4, -0.2) is 40.6 Å². The van der Waals surface area contributed by atoms with Gasteiger partial charge in [0.2, 0.25) is 0 Å². The van der Waals surface area contributed by atoms with Crippen LogP contribution in [0.2, 0.25) is 0 Å². The van der Waals surface area contributed by atoms with E-state index in [1.54, 1.807) is 0 Å². The number of hydrogen-bond donors (Lipinski definition) is 2. The van der Waals surface area contributed by atoms with Crippen LogP contribution >= 0.6 is 0 Å². The lowest BCUT2D eigenvalue weighted by molar-refractivity contribution is -0.171. The number of hydrogen-bond acceptors (Lipinski definition) is 5. The Kier molecular flexibility index (Phi) is 3.81. The van der Waals surface area contributed by atoms with Gasteiger partial charge in [-0.25, -0.2) is 4.79 Å². The Balaban J connectivity index is 2.31. The van der Waals surface area contributed by atoms with Gasteiger partial charge >= 0.3 is 12.1 Å². The van der Waals surface area contributed by atoms with Crippen molar-refractivity contribution in [2.75, 3.05) is 6.54 Å². The molecule has 3 amide bonds. The van der Waals surface area contributed by atoms with Crippen molar-refractivity contribution < 1.29 is 29.1 Å². The summed E-state index contributed by atoms with van der Waals surface area (Å²) in [6.07, 6.45) is -1.26. The molecule has 0 aromatic heterocycles. The maximum atomic E-state index is 11.0. The number of aliphatic carboxylic acids is 1. The molecule has 0 saturated carbocycles. The van der Waals surface area contributed by atoms with Gasteiger partial charge in [0.1, 0.15) is 0 Å². The molecule has 16 heavy (non-hydrogen) atoms. The first-order chi connectivity index (χ1) is 7.50. The standard InChI is InChI=1S/C8H10N2O6/c11-5-1-2-6(12)10(5)16-8(15)9-4-3-7(13)14/h1-4H2,(H,9,15)(H,13,14). The first-order valence-corrected chi connectivity index (χ1v) is 4.54. The predicted molar refractivity (Wildman–Crippen MR) is 47.8 cm³/mol. The molecule has 8 heteroatoms. The summed E-state index contributed by atoms with van der Waals surface area (Å²) >= 11 is 0. The predicted octanol–water partition coefficient (Wildman–Crippen LogP) is -0.749. The van der Waals surface area contributed by atoms with E-state index in [1.165, 1.54) is 0 Å². The highest BCUT2D eigenvalue weighted by atomic mass is 16.7. The van der Waals surface area contributed by atoms with Crippen molar-refractivity contribution in [1.29, 1.82) is 0 Å². The third-order valence-corrected chi connectivity index (χ3v) is 1.79. The molecule has 0 unspecified atom stereocenters. The Morgan fingerprint density at radius 2 is 1.88 bits per heavy atom. The molecule has 1 rings (SSSR count). The van der Waals surface area contributed by atoms with Gasteiger partial charge in [0.05, 0.1) is 6.42 Å². The molecule has 0 atom stereocenters. The van der Waals surface area contributed by atoms with Crippen LogP contribution in [0.25, 0.3) is 0 Å². The van der Waals surface area contributed by atoms with E-state index in [1.807, 2.05) is 0 Å². The molecule has 0 bridgehead atoms. The van der Waals surface area contributed by atoms with Gasteiger partial charge in [-0.2, -0.15) is 0 Å². The van der Waals surface area contributed by atoms with Crippen molar-refractivity contribution in [3.05, 3.63) is 0 Å². The van der Waals surface area contributed by atoms with E-state index in [9.17, 15) is 19.2 Å². The van der Waals surface area contributed by atoms with Gasteiger partial charge < -0.3 is 15.3 Å². The Labute approximate surface area is 90.1 Å². The number of hydroxylamine groups is 2. The van der Waals surface area contributed by atoms with Gasteiger partial charge in [0.25, 0.3) is 11.8 Å². The van der Waals surface area contributed by atoms with E-state index < -0.39 is 23.9 Å². The Morgan fingerprint density at radius 1 is 1.31 bits per heavy atom. The summed E-state index contributed by atoms with van der Waals surface area (Å²) in [7, 11) is 0. The van der Waals surface area contributed by atoms with E-state index >= 15 is 0 Å². The summed E-state index contributed by atoms with van der Waals surface area (Å²) in [6.45, 7) is -0.135. The zero-order valence-electron chi connectivity index (χ0n) is 8.26. The Hall–Kier alpha value is -2.12. The van der Waals surface area contributed by atoms with Gasteiger partial charge in [0, 0.05) is 19.4 Å². The average Bonchev–Trinajstić information content (AvgIpc) is 2.49. The van der Waals surface area contributed by atoms with Crippen LogP contribution in [0.1, 0.15) is 19.3 Å². The van der Waals surface area contributed by atoms with Gasteiger partial charge in [-0.05, 0) is 0 Å². The smallest absolute Gasteiger partial charge is 0.432 e. The number of carbonyl (C=O) groups is 4. The zero-order chi connectivity index (χ0) is 12.1. The van der Waals surface area contributed by atoms with Gasteiger partial charge in [-0.15, -0.1) is 5.06 Å². The van der Waals surface area contributed by atoms with Crippen LogP contribution in [0.3, 0.4) is 0 Å². The van der Waals surface area contributed by atoms with Gasteiger partial charge in [0.15, 0.2) is 0 Å². The maximum Gasteiger partial charge on any atom is 0.432 e. The molecule has 0 aromatic carbocycles. The van der Waals surface area contributed by atoms with E-state index in [0.29, 0.717) is 5.06 Å². The number of carboxylic acid groups (broad SMARTS) is 1. The molecule has 1 aliphatic heterocycles. The van der Waals surface area contributed by atoms with Crippen molar-refractivity contribution in [3.8, 4) is 0 Å². The first kappa shape index (κ1) is 12.0. The highest BCUT2D eigenvalue weighted by molar-refractivity contribution is 6.01. The lowest BCUT2D eigenvalue weighted by atomic mass is 10.4. The van der Waals surface area contributed by atoms with Crippen LogP contribution in [0.4, 0.5) is 4.79 Å². The van der Waals surface area contributed by atoms with Crippen LogP contribution in [0.5, 0.6) is 0 Å². The third-order valence-electron chi connectivity index (χ3n) is 1.79. The zero-order valence-corrected chi connectivity index (χ0v) is 8.26. The number of carbonyl (C=O) groups excluding carboxylic acids is 3. The second kappa shape index (κ2) is 5.10. The molecule has 88 valence electrons. The number of nitrogens with one attached hydrogen (secondary N) is 1. The quantitative estimate of drug-likeness (QED) is 0.614. The van der Waals surface area contributed by atoms with Crippen molar-refractivity contribution in [1.82, 2.24) is 10.4 Å². The maximum absolute atomic E-state index is 11.0. The van der Waals surface area contributed by atoms with E-state index in [4.69, 9.17) is 5.11 Å². The summed E-state index contributed by atoms with van der Waals surface area (Å²) in [4.78, 5) is 47.5. The van der Waals surface area contributed by atoms with Crippen LogP contribution in [0, 0.1) is 0 Å². The molecule has 1 aliphatic rings. The van der Waals surface area contributed by atoms with Crippen molar-refractivity contribution in [2.24, 2.45) is 0 Å². The molecule has 2 N–H and O–H groups in total. The molecule has 0 spiro atoms. The number of carboxylic acids is 1. The summed E-state index contributed by atoms with van der Waals surface area (Å²) < 4.78 is 0. The van der Waals surface area contributed by atoms with Crippen molar-refractivity contribution in [2.45, 2.75) is 19.3 Å². The van der Waals surface area contributed by atoms with Gasteiger partial charge in [-0.3, -0.25) is 14.4 Å². The number of amides is 3. The van der Waals surface area contributed by atoms with Gasteiger partial charge in [-0.1, -0.05) is 0 Å². The number of rotatable bonds is 4. The summed E-state index contributed by atoms with van der Waals surface area (Å²) in [5.41, 5.74) is 0. The highest BCUT2D eigenvalue weighted by Gasteiger charge is 2.32. The summed E-state index contributed by atoms with van der Waals surface area (Å²) in [6, 6.07) is 0. The molecular weight excluding hydrogens is 220 g/mol. The lowest BCUT2D eigenvalue weighted by Crippen LogP contribution is -2.37. The van der Waals surface area contributed by atoms with Crippen LogP contribution in [-0.2, 0) is 19.2 Å². The minimum absolute atomic E-state index is 0.0151. The minimum atomic E-state index is -1.08. The van der Waals surface area contributed by atoms with Crippen LogP contribution in [0.15, 0.2) is 0 Å². The topological polar surface area (TPSA) is 113 Å². The fraction of sp³-hybridized carbons (Fsp3) is 0.500. The molecule has 1 fully saturated rings. The average molecular weight is 230 g/mol. The molecule has 8 nitrogen and oxygen atoms in total. The largest absolute Gasteiger partial charge is 0.481 e.